The van der Waals surface area contributed by atoms with Crippen LogP contribution in [0.4, 0.5) is 8.78 Å². The standard InChI is InChI=1S/C3H6O.C2H4F2/c1-3(2)4;3-1-2-4/h1-2H3;1-2H2. The zero-order valence-corrected chi connectivity index (χ0v) is 5.08. The van der Waals surface area contributed by atoms with E-state index in [2.05, 4.69) is 0 Å². The summed E-state index contributed by atoms with van der Waals surface area (Å²) in [5.41, 5.74) is 0. The molecular formula is C5H10F2O. The molecule has 50 valence electrons. The van der Waals surface area contributed by atoms with Gasteiger partial charge in [-0.2, -0.15) is 0 Å². The van der Waals surface area contributed by atoms with E-state index in [1.807, 2.05) is 0 Å². The van der Waals surface area contributed by atoms with Gasteiger partial charge in [-0.25, -0.2) is 8.78 Å². The highest BCUT2D eigenvalue weighted by atomic mass is 19.2. The van der Waals surface area contributed by atoms with Crippen molar-refractivity contribution in [3.63, 3.8) is 0 Å². The first-order chi connectivity index (χ1) is 3.65. The van der Waals surface area contributed by atoms with Crippen molar-refractivity contribution in [1.29, 1.82) is 0 Å². The molecule has 0 fully saturated rings. The first-order valence-electron chi connectivity index (χ1n) is 2.24. The molecule has 0 spiro atoms. The molecule has 0 aromatic carbocycles. The summed E-state index contributed by atoms with van der Waals surface area (Å²) in [4.78, 5) is 9.44. The molecular weight excluding hydrogens is 114 g/mol. The van der Waals surface area contributed by atoms with E-state index in [1.54, 1.807) is 0 Å². The smallest absolute Gasteiger partial charge is 0.126 e. The van der Waals surface area contributed by atoms with Crippen molar-refractivity contribution in [2.75, 3.05) is 13.3 Å². The minimum atomic E-state index is -0.847. The van der Waals surface area contributed by atoms with Gasteiger partial charge in [-0.15, -0.1) is 0 Å². The minimum Gasteiger partial charge on any atom is -0.300 e. The van der Waals surface area contributed by atoms with E-state index in [-0.39, 0.29) is 5.78 Å². The number of hydrogen-bond donors (Lipinski definition) is 0. The Morgan fingerprint density at radius 1 is 1.25 bits per heavy atom. The number of rotatable bonds is 1. The Balaban J connectivity index is 0. The van der Waals surface area contributed by atoms with Crippen molar-refractivity contribution in [2.45, 2.75) is 13.8 Å². The summed E-state index contributed by atoms with van der Waals surface area (Å²) in [5.74, 6) is 0.167. The molecule has 0 saturated heterocycles. The molecule has 0 N–H and O–H groups in total. The molecule has 0 aromatic rings. The second kappa shape index (κ2) is 9.73. The lowest BCUT2D eigenvalue weighted by Gasteiger charge is -1.61. The summed E-state index contributed by atoms with van der Waals surface area (Å²) < 4.78 is 20.7. The van der Waals surface area contributed by atoms with E-state index < -0.39 is 13.3 Å². The number of carbonyl (C=O) groups is 1. The van der Waals surface area contributed by atoms with Gasteiger partial charge in [0.2, 0.25) is 0 Å². The molecule has 0 aliphatic carbocycles. The fourth-order valence-corrected chi connectivity index (χ4v) is 0. The molecule has 0 bridgehead atoms. The zero-order chi connectivity index (χ0) is 6.99. The van der Waals surface area contributed by atoms with Gasteiger partial charge in [0.15, 0.2) is 0 Å². The van der Waals surface area contributed by atoms with Crippen LogP contribution in [-0.2, 0) is 4.79 Å². The minimum absolute atomic E-state index is 0.167. The maximum atomic E-state index is 10.3. The van der Waals surface area contributed by atoms with Gasteiger partial charge in [-0.05, 0) is 13.8 Å². The van der Waals surface area contributed by atoms with E-state index in [4.69, 9.17) is 0 Å². The topological polar surface area (TPSA) is 17.1 Å². The van der Waals surface area contributed by atoms with Crippen LogP contribution in [0.1, 0.15) is 13.8 Å². The van der Waals surface area contributed by atoms with Crippen molar-refractivity contribution in [3.05, 3.63) is 0 Å². The summed E-state index contributed by atoms with van der Waals surface area (Å²) in [6.07, 6.45) is 0. The van der Waals surface area contributed by atoms with E-state index in [0.29, 0.717) is 0 Å². The average molecular weight is 124 g/mol. The summed E-state index contributed by atoms with van der Waals surface area (Å²) >= 11 is 0. The van der Waals surface area contributed by atoms with Crippen molar-refractivity contribution < 1.29 is 13.6 Å². The summed E-state index contributed by atoms with van der Waals surface area (Å²) in [6, 6.07) is 0. The molecule has 8 heavy (non-hydrogen) atoms. The summed E-state index contributed by atoms with van der Waals surface area (Å²) in [5, 5.41) is 0. The normalized spacial score (nSPS) is 7.00. The maximum absolute atomic E-state index is 10.3. The highest BCUT2D eigenvalue weighted by Crippen LogP contribution is 1.63. The number of hydrogen-bond acceptors (Lipinski definition) is 1. The lowest BCUT2D eigenvalue weighted by atomic mass is 10.6. The van der Waals surface area contributed by atoms with E-state index in [9.17, 15) is 13.6 Å². The van der Waals surface area contributed by atoms with Crippen LogP contribution in [0.25, 0.3) is 0 Å². The van der Waals surface area contributed by atoms with Gasteiger partial charge in [-0.1, -0.05) is 0 Å². The quantitative estimate of drug-likeness (QED) is 0.518. The SMILES string of the molecule is CC(C)=O.FCCF. The van der Waals surface area contributed by atoms with Gasteiger partial charge in [0.05, 0.1) is 0 Å². The van der Waals surface area contributed by atoms with Gasteiger partial charge in [0.1, 0.15) is 19.1 Å². The molecule has 0 radical (unpaired) electrons. The third-order valence-electron chi connectivity index (χ3n) is 0.0714. The largest absolute Gasteiger partial charge is 0.300 e. The molecule has 0 atom stereocenters. The molecule has 0 aliphatic rings. The molecule has 0 amide bonds. The maximum Gasteiger partial charge on any atom is 0.126 e. The fraction of sp³-hybridized carbons (Fsp3) is 0.800. The molecule has 0 aliphatic heterocycles. The number of halogens is 2. The first-order valence-corrected chi connectivity index (χ1v) is 2.24. The molecule has 0 heterocycles. The van der Waals surface area contributed by atoms with Crippen molar-refractivity contribution >= 4 is 5.78 Å². The Morgan fingerprint density at radius 2 is 1.38 bits per heavy atom. The lowest BCUT2D eigenvalue weighted by molar-refractivity contribution is -0.114. The number of alkyl halides is 2. The Hall–Kier alpha value is -0.470. The summed E-state index contributed by atoms with van der Waals surface area (Å²) in [6.45, 7) is 1.36. The molecule has 0 unspecified atom stereocenters. The molecule has 3 heteroatoms. The molecule has 0 aromatic heterocycles. The number of Topliss-reactive ketones (excluding diaryl/α,β-unsaturated/α-hetero) is 1. The summed E-state index contributed by atoms with van der Waals surface area (Å²) in [7, 11) is 0. The number of ketones is 1. The Bertz CT molecular complexity index is 48.4. The highest BCUT2D eigenvalue weighted by molar-refractivity contribution is 5.72. The van der Waals surface area contributed by atoms with Crippen molar-refractivity contribution in [1.82, 2.24) is 0 Å². The van der Waals surface area contributed by atoms with Gasteiger partial charge in [-0.3, -0.25) is 0 Å². The van der Waals surface area contributed by atoms with Crippen molar-refractivity contribution in [3.8, 4) is 0 Å². The van der Waals surface area contributed by atoms with Crippen LogP contribution >= 0.6 is 0 Å². The molecule has 0 saturated carbocycles. The fourth-order valence-electron chi connectivity index (χ4n) is 0. The molecule has 1 nitrogen and oxygen atoms in total. The Kier molecular flexibility index (Phi) is 12.8. The average Bonchev–Trinajstić information content (AvgIpc) is 1.65. The highest BCUT2D eigenvalue weighted by Gasteiger charge is 1.65. The van der Waals surface area contributed by atoms with Crippen LogP contribution in [-0.4, -0.2) is 19.1 Å². The first kappa shape index (κ1) is 10.5. The predicted molar refractivity (Wildman–Crippen MR) is 28.3 cm³/mol. The van der Waals surface area contributed by atoms with Crippen molar-refractivity contribution in [2.24, 2.45) is 0 Å². The van der Waals surface area contributed by atoms with Crippen LogP contribution in [0.5, 0.6) is 0 Å². The van der Waals surface area contributed by atoms with E-state index in [0.717, 1.165) is 0 Å². The van der Waals surface area contributed by atoms with Gasteiger partial charge in [0, 0.05) is 0 Å². The third kappa shape index (κ3) is 404. The van der Waals surface area contributed by atoms with E-state index in [1.165, 1.54) is 13.8 Å². The third-order valence-corrected chi connectivity index (χ3v) is 0.0714. The monoisotopic (exact) mass is 124 g/mol. The van der Waals surface area contributed by atoms with Crippen LogP contribution < -0.4 is 0 Å². The Morgan fingerprint density at radius 3 is 1.38 bits per heavy atom. The van der Waals surface area contributed by atoms with Gasteiger partial charge < -0.3 is 4.79 Å². The zero-order valence-electron chi connectivity index (χ0n) is 5.08. The van der Waals surface area contributed by atoms with Gasteiger partial charge in [0.25, 0.3) is 0 Å². The molecule has 0 rings (SSSR count). The van der Waals surface area contributed by atoms with Crippen LogP contribution in [0, 0.1) is 0 Å². The number of carbonyl (C=O) groups excluding carboxylic acids is 1. The van der Waals surface area contributed by atoms with E-state index >= 15 is 0 Å². The Labute approximate surface area is 47.7 Å². The predicted octanol–water partition coefficient (Wildman–Crippen LogP) is 1.52. The van der Waals surface area contributed by atoms with Crippen LogP contribution in [0.2, 0.25) is 0 Å². The second-order valence-corrected chi connectivity index (χ2v) is 1.29. The van der Waals surface area contributed by atoms with Gasteiger partial charge >= 0.3 is 0 Å². The van der Waals surface area contributed by atoms with Crippen LogP contribution in [0.3, 0.4) is 0 Å². The van der Waals surface area contributed by atoms with Crippen LogP contribution in [0.15, 0.2) is 0 Å². The second-order valence-electron chi connectivity index (χ2n) is 1.29. The lowest BCUT2D eigenvalue weighted by Crippen LogP contribution is -1.69.